The number of halogens is 1. The first-order chi connectivity index (χ1) is 12.4. The summed E-state index contributed by atoms with van der Waals surface area (Å²) in [6.45, 7) is 3.26. The molecule has 0 aliphatic heterocycles. The molecule has 3 aromatic rings. The molecule has 0 amide bonds. The monoisotopic (exact) mass is 351 g/mol. The van der Waals surface area contributed by atoms with E-state index in [2.05, 4.69) is 38.6 Å². The fourth-order valence-corrected chi connectivity index (χ4v) is 3.26. The molecule has 0 bridgehead atoms. The van der Waals surface area contributed by atoms with Crippen LogP contribution in [-0.2, 0) is 13.5 Å². The predicted octanol–water partition coefficient (Wildman–Crippen LogP) is 3.90. The Kier molecular flexibility index (Phi) is 3.98. The van der Waals surface area contributed by atoms with E-state index in [9.17, 15) is 4.39 Å². The van der Waals surface area contributed by atoms with Gasteiger partial charge in [-0.1, -0.05) is 12.1 Å². The summed E-state index contributed by atoms with van der Waals surface area (Å²) in [6.07, 6.45) is 7.89. The topological polar surface area (TPSA) is 55.6 Å². The Balaban J connectivity index is 1.66. The highest BCUT2D eigenvalue weighted by Crippen LogP contribution is 2.32. The molecule has 0 saturated heterocycles. The normalized spacial score (nSPS) is 14.2. The summed E-state index contributed by atoms with van der Waals surface area (Å²) in [5.74, 6) is 0.485. The lowest BCUT2D eigenvalue weighted by Crippen LogP contribution is -2.25. The molecule has 6 heteroatoms. The van der Waals surface area contributed by atoms with Crippen molar-refractivity contribution in [3.8, 4) is 0 Å². The number of fused-ring (bicyclic) bond motifs is 2. The molecule has 0 fully saturated rings. The standard InChI is InChI=1S/C20H22FN5/c1-20(2,21)12-23-19-22-10-16-15(5-4-6-18(16)24-19)13-7-8-17-14(9-13)11-26(3)25-17/h5,7-11H,4,6,12H2,1-3H3,(H,22,23,24). The van der Waals surface area contributed by atoms with Gasteiger partial charge in [0.25, 0.3) is 0 Å². The van der Waals surface area contributed by atoms with E-state index in [-0.39, 0.29) is 6.54 Å². The molecule has 4 rings (SSSR count). The number of alkyl halides is 1. The van der Waals surface area contributed by atoms with Crippen molar-refractivity contribution < 1.29 is 4.39 Å². The Morgan fingerprint density at radius 2 is 2.15 bits per heavy atom. The van der Waals surface area contributed by atoms with Gasteiger partial charge < -0.3 is 5.32 Å². The Morgan fingerprint density at radius 3 is 2.96 bits per heavy atom. The summed E-state index contributed by atoms with van der Waals surface area (Å²) in [5, 5.41) is 8.53. The third kappa shape index (κ3) is 3.31. The van der Waals surface area contributed by atoms with Crippen LogP contribution in [0, 0.1) is 0 Å². The number of anilines is 1. The summed E-state index contributed by atoms with van der Waals surface area (Å²) in [4.78, 5) is 9.00. The summed E-state index contributed by atoms with van der Waals surface area (Å²) in [7, 11) is 1.93. The highest BCUT2D eigenvalue weighted by Gasteiger charge is 2.19. The minimum Gasteiger partial charge on any atom is -0.351 e. The van der Waals surface area contributed by atoms with Gasteiger partial charge in [0.05, 0.1) is 17.8 Å². The molecule has 5 nitrogen and oxygen atoms in total. The number of aryl methyl sites for hydroxylation is 2. The van der Waals surface area contributed by atoms with Gasteiger partial charge in [0.15, 0.2) is 0 Å². The van der Waals surface area contributed by atoms with E-state index in [0.717, 1.165) is 46.1 Å². The van der Waals surface area contributed by atoms with Gasteiger partial charge in [-0.05, 0) is 50.0 Å². The zero-order chi connectivity index (χ0) is 18.3. The summed E-state index contributed by atoms with van der Waals surface area (Å²) in [6, 6.07) is 6.29. The van der Waals surface area contributed by atoms with E-state index in [1.807, 2.05) is 30.2 Å². The second kappa shape index (κ2) is 6.20. The van der Waals surface area contributed by atoms with E-state index < -0.39 is 5.67 Å². The Labute approximate surface area is 152 Å². The first kappa shape index (κ1) is 16.7. The van der Waals surface area contributed by atoms with Gasteiger partial charge in [0.2, 0.25) is 5.95 Å². The molecule has 1 aromatic carbocycles. The average Bonchev–Trinajstić information content (AvgIpc) is 2.97. The van der Waals surface area contributed by atoms with E-state index in [4.69, 9.17) is 0 Å². The molecular weight excluding hydrogens is 329 g/mol. The Hall–Kier alpha value is -2.76. The van der Waals surface area contributed by atoms with Crippen LogP contribution in [0.15, 0.2) is 36.7 Å². The SMILES string of the molecule is Cn1cc2cc(C3=CCCc4nc(NCC(C)(C)F)ncc43)ccc2n1. The summed E-state index contributed by atoms with van der Waals surface area (Å²) < 4.78 is 15.5. The molecule has 0 unspecified atom stereocenters. The maximum absolute atomic E-state index is 13.7. The van der Waals surface area contributed by atoms with Crippen molar-refractivity contribution in [2.75, 3.05) is 11.9 Å². The fraction of sp³-hybridized carbons (Fsp3) is 0.350. The minimum absolute atomic E-state index is 0.187. The number of nitrogens with one attached hydrogen (secondary N) is 1. The molecule has 0 atom stereocenters. The van der Waals surface area contributed by atoms with Crippen LogP contribution in [0.4, 0.5) is 10.3 Å². The molecular formula is C20H22FN5. The van der Waals surface area contributed by atoms with Gasteiger partial charge in [-0.3, -0.25) is 4.68 Å². The highest BCUT2D eigenvalue weighted by molar-refractivity contribution is 5.88. The average molecular weight is 351 g/mol. The van der Waals surface area contributed by atoms with Crippen molar-refractivity contribution in [2.45, 2.75) is 32.4 Å². The number of rotatable bonds is 4. The third-order valence-electron chi connectivity index (χ3n) is 4.48. The largest absolute Gasteiger partial charge is 0.351 e. The molecule has 2 aromatic heterocycles. The lowest BCUT2D eigenvalue weighted by atomic mass is 9.90. The van der Waals surface area contributed by atoms with Crippen molar-refractivity contribution in [2.24, 2.45) is 7.05 Å². The van der Waals surface area contributed by atoms with Crippen LogP contribution in [0.1, 0.15) is 37.1 Å². The number of nitrogens with zero attached hydrogens (tertiary/aromatic N) is 4. The van der Waals surface area contributed by atoms with Crippen LogP contribution in [0.5, 0.6) is 0 Å². The first-order valence-corrected chi connectivity index (χ1v) is 8.82. The van der Waals surface area contributed by atoms with E-state index >= 15 is 0 Å². The van der Waals surface area contributed by atoms with Crippen LogP contribution in [-0.4, -0.2) is 32.0 Å². The number of aromatic nitrogens is 4. The molecule has 0 spiro atoms. The molecule has 1 aliphatic rings. The van der Waals surface area contributed by atoms with Crippen LogP contribution >= 0.6 is 0 Å². The smallest absolute Gasteiger partial charge is 0.222 e. The van der Waals surface area contributed by atoms with Gasteiger partial charge in [-0.15, -0.1) is 0 Å². The molecule has 2 heterocycles. The van der Waals surface area contributed by atoms with Gasteiger partial charge in [0, 0.05) is 30.4 Å². The summed E-state index contributed by atoms with van der Waals surface area (Å²) >= 11 is 0. The van der Waals surface area contributed by atoms with E-state index in [1.54, 1.807) is 0 Å². The Morgan fingerprint density at radius 1 is 1.31 bits per heavy atom. The van der Waals surface area contributed by atoms with Crippen molar-refractivity contribution in [1.29, 1.82) is 0 Å². The van der Waals surface area contributed by atoms with E-state index in [0.29, 0.717) is 5.95 Å². The van der Waals surface area contributed by atoms with Gasteiger partial charge in [-0.25, -0.2) is 14.4 Å². The second-order valence-electron chi connectivity index (χ2n) is 7.36. The third-order valence-corrected chi connectivity index (χ3v) is 4.48. The van der Waals surface area contributed by atoms with Crippen LogP contribution < -0.4 is 5.32 Å². The van der Waals surface area contributed by atoms with E-state index in [1.165, 1.54) is 13.8 Å². The lowest BCUT2D eigenvalue weighted by Gasteiger charge is -2.19. The zero-order valence-electron chi connectivity index (χ0n) is 15.3. The highest BCUT2D eigenvalue weighted by atomic mass is 19.1. The summed E-state index contributed by atoms with van der Waals surface area (Å²) in [5.41, 5.74) is 4.02. The Bertz CT molecular complexity index is 997. The van der Waals surface area contributed by atoms with Crippen molar-refractivity contribution >= 4 is 22.4 Å². The van der Waals surface area contributed by atoms with Crippen LogP contribution in [0.25, 0.3) is 16.5 Å². The maximum atomic E-state index is 13.7. The molecule has 134 valence electrons. The van der Waals surface area contributed by atoms with Crippen LogP contribution in [0.3, 0.4) is 0 Å². The number of allylic oxidation sites excluding steroid dienone is 1. The van der Waals surface area contributed by atoms with Gasteiger partial charge in [0.1, 0.15) is 5.67 Å². The molecule has 26 heavy (non-hydrogen) atoms. The van der Waals surface area contributed by atoms with Gasteiger partial charge >= 0.3 is 0 Å². The lowest BCUT2D eigenvalue weighted by molar-refractivity contribution is 0.234. The zero-order valence-corrected chi connectivity index (χ0v) is 15.3. The maximum Gasteiger partial charge on any atom is 0.222 e. The fourth-order valence-electron chi connectivity index (χ4n) is 3.26. The number of benzene rings is 1. The minimum atomic E-state index is -1.30. The van der Waals surface area contributed by atoms with Crippen molar-refractivity contribution in [1.82, 2.24) is 19.7 Å². The quantitative estimate of drug-likeness (QED) is 0.774. The number of hydrogen-bond donors (Lipinski definition) is 1. The molecule has 0 saturated carbocycles. The van der Waals surface area contributed by atoms with Crippen LogP contribution in [0.2, 0.25) is 0 Å². The molecule has 0 radical (unpaired) electrons. The van der Waals surface area contributed by atoms with Crippen molar-refractivity contribution in [3.63, 3.8) is 0 Å². The predicted molar refractivity (Wildman–Crippen MR) is 102 cm³/mol. The van der Waals surface area contributed by atoms with Gasteiger partial charge in [-0.2, -0.15) is 5.10 Å². The molecule has 1 N–H and O–H groups in total. The first-order valence-electron chi connectivity index (χ1n) is 8.82. The second-order valence-corrected chi connectivity index (χ2v) is 7.36. The number of hydrogen-bond acceptors (Lipinski definition) is 4. The van der Waals surface area contributed by atoms with Crippen molar-refractivity contribution in [3.05, 3.63) is 53.5 Å². The molecule has 1 aliphatic carbocycles.